The molecule has 1 unspecified atom stereocenters. The summed E-state index contributed by atoms with van der Waals surface area (Å²) in [7, 11) is 0. The number of amides is 2. The molecule has 0 aromatic heterocycles. The summed E-state index contributed by atoms with van der Waals surface area (Å²) in [5.41, 5.74) is 2.05. The first kappa shape index (κ1) is 19.5. The fourth-order valence-corrected chi connectivity index (χ4v) is 2.81. The van der Waals surface area contributed by atoms with Crippen LogP contribution in [0.2, 0.25) is 5.02 Å². The lowest BCUT2D eigenvalue weighted by atomic mass is 10.0. The molecule has 0 aliphatic rings. The maximum absolute atomic E-state index is 12.6. The molecule has 2 aromatic rings. The van der Waals surface area contributed by atoms with E-state index < -0.39 is 6.04 Å². The molecule has 0 saturated carbocycles. The number of nitrogens with one attached hydrogen (secondary N) is 2. The normalized spacial score (nSPS) is 11.9. The van der Waals surface area contributed by atoms with E-state index >= 15 is 0 Å². The maximum Gasteiger partial charge on any atom is 0.253 e. The van der Waals surface area contributed by atoms with Crippen molar-refractivity contribution in [3.05, 3.63) is 63.1 Å². The van der Waals surface area contributed by atoms with Gasteiger partial charge in [-0.1, -0.05) is 53.5 Å². The largest absolute Gasteiger partial charge is 0.340 e. The van der Waals surface area contributed by atoms with Gasteiger partial charge in [0.15, 0.2) is 0 Å². The van der Waals surface area contributed by atoms with Gasteiger partial charge in [0.1, 0.15) is 6.04 Å². The summed E-state index contributed by atoms with van der Waals surface area (Å²) in [6, 6.07) is 11.6. The van der Waals surface area contributed by atoms with Crippen LogP contribution < -0.4 is 10.6 Å². The Hall–Kier alpha value is -1.85. The van der Waals surface area contributed by atoms with Crippen molar-refractivity contribution in [2.75, 3.05) is 5.32 Å². The third-order valence-corrected chi connectivity index (χ3v) is 5.00. The number of benzene rings is 2. The van der Waals surface area contributed by atoms with Gasteiger partial charge in [0.25, 0.3) is 5.91 Å². The molecule has 4 nitrogen and oxygen atoms in total. The number of aryl methyl sites for hydroxylation is 1. The van der Waals surface area contributed by atoms with Gasteiger partial charge in [-0.3, -0.25) is 9.59 Å². The number of hydrogen-bond acceptors (Lipinski definition) is 2. The molecular weight excluding hydrogens is 404 g/mol. The monoisotopic (exact) mass is 422 g/mol. The molecule has 2 aromatic carbocycles. The van der Waals surface area contributed by atoms with E-state index in [1.807, 2.05) is 39.0 Å². The van der Waals surface area contributed by atoms with Crippen LogP contribution in [0.5, 0.6) is 0 Å². The molecular formula is C19H20BrClN2O2. The molecule has 25 heavy (non-hydrogen) atoms. The number of halogens is 2. The average Bonchev–Trinajstić information content (AvgIpc) is 2.55. The first-order valence-electron chi connectivity index (χ1n) is 7.92. The van der Waals surface area contributed by atoms with Gasteiger partial charge in [0.05, 0.1) is 10.6 Å². The third kappa shape index (κ3) is 5.06. The van der Waals surface area contributed by atoms with E-state index in [0.717, 1.165) is 10.0 Å². The van der Waals surface area contributed by atoms with Crippen LogP contribution in [0.4, 0.5) is 5.69 Å². The molecule has 2 rings (SSSR count). The van der Waals surface area contributed by atoms with Crippen molar-refractivity contribution >= 4 is 45.0 Å². The van der Waals surface area contributed by atoms with Crippen LogP contribution in [-0.2, 0) is 4.79 Å². The Kier molecular flexibility index (Phi) is 6.62. The summed E-state index contributed by atoms with van der Waals surface area (Å²) < 4.78 is 0.970. The predicted molar refractivity (Wildman–Crippen MR) is 105 cm³/mol. The van der Waals surface area contributed by atoms with Crippen molar-refractivity contribution in [1.29, 1.82) is 0 Å². The molecule has 132 valence electrons. The highest BCUT2D eigenvalue weighted by atomic mass is 79.9. The quantitative estimate of drug-likeness (QED) is 0.725. The van der Waals surface area contributed by atoms with Crippen molar-refractivity contribution in [1.82, 2.24) is 5.32 Å². The van der Waals surface area contributed by atoms with Gasteiger partial charge in [-0.05, 0) is 48.7 Å². The molecule has 0 saturated heterocycles. The predicted octanol–water partition coefficient (Wildman–Crippen LogP) is 4.80. The summed E-state index contributed by atoms with van der Waals surface area (Å²) >= 11 is 9.49. The number of carbonyl (C=O) groups is 2. The van der Waals surface area contributed by atoms with E-state index in [1.54, 1.807) is 24.3 Å². The van der Waals surface area contributed by atoms with Crippen molar-refractivity contribution in [2.24, 2.45) is 5.92 Å². The minimum absolute atomic E-state index is 0.0806. The van der Waals surface area contributed by atoms with Crippen LogP contribution in [0.3, 0.4) is 0 Å². The summed E-state index contributed by atoms with van der Waals surface area (Å²) in [5.74, 6) is -0.716. The molecule has 0 spiro atoms. The Balaban J connectivity index is 2.14. The molecule has 2 N–H and O–H groups in total. The molecule has 6 heteroatoms. The van der Waals surface area contributed by atoms with Crippen molar-refractivity contribution in [3.63, 3.8) is 0 Å². The standard InChI is InChI=1S/C19H20BrClN2O2/c1-11(2)17(23-18(24)14-6-4-5-7-16(14)21)19(25)22-13-8-9-15(20)12(3)10-13/h4-11,17H,1-3H3,(H,22,25)(H,23,24). The topological polar surface area (TPSA) is 58.2 Å². The smallest absolute Gasteiger partial charge is 0.253 e. The van der Waals surface area contributed by atoms with Crippen molar-refractivity contribution in [2.45, 2.75) is 26.8 Å². The van der Waals surface area contributed by atoms with Crippen LogP contribution in [-0.4, -0.2) is 17.9 Å². The summed E-state index contributed by atoms with van der Waals surface area (Å²) in [5, 5.41) is 5.98. The zero-order valence-electron chi connectivity index (χ0n) is 14.3. The molecule has 0 fully saturated rings. The molecule has 2 amide bonds. The second kappa shape index (κ2) is 8.50. The van der Waals surface area contributed by atoms with E-state index in [9.17, 15) is 9.59 Å². The SMILES string of the molecule is Cc1cc(NC(=O)C(NC(=O)c2ccccc2Cl)C(C)C)ccc1Br. The van der Waals surface area contributed by atoms with Gasteiger partial charge in [0, 0.05) is 10.2 Å². The average molecular weight is 424 g/mol. The third-order valence-electron chi connectivity index (χ3n) is 3.78. The Morgan fingerprint density at radius 2 is 1.80 bits per heavy atom. The van der Waals surface area contributed by atoms with Crippen LogP contribution in [0.15, 0.2) is 46.9 Å². The first-order valence-corrected chi connectivity index (χ1v) is 9.09. The molecule has 0 bridgehead atoms. The Morgan fingerprint density at radius 1 is 1.12 bits per heavy atom. The van der Waals surface area contributed by atoms with Gasteiger partial charge >= 0.3 is 0 Å². The number of hydrogen-bond donors (Lipinski definition) is 2. The highest BCUT2D eigenvalue weighted by molar-refractivity contribution is 9.10. The first-order chi connectivity index (χ1) is 11.8. The Bertz CT molecular complexity index is 793. The summed E-state index contributed by atoms with van der Waals surface area (Å²) in [6.45, 7) is 5.70. The minimum atomic E-state index is -0.673. The summed E-state index contributed by atoms with van der Waals surface area (Å²) in [4.78, 5) is 25.1. The van der Waals surface area contributed by atoms with Gasteiger partial charge in [0.2, 0.25) is 5.91 Å². The van der Waals surface area contributed by atoms with E-state index in [0.29, 0.717) is 16.3 Å². The molecule has 0 radical (unpaired) electrons. The summed E-state index contributed by atoms with van der Waals surface area (Å²) in [6.07, 6.45) is 0. The van der Waals surface area contributed by atoms with Crippen LogP contribution in [0.25, 0.3) is 0 Å². The molecule has 0 aliphatic carbocycles. The molecule has 0 heterocycles. The fourth-order valence-electron chi connectivity index (χ4n) is 2.34. The van der Waals surface area contributed by atoms with Gasteiger partial charge in [-0.15, -0.1) is 0 Å². The lowest BCUT2D eigenvalue weighted by Gasteiger charge is -2.22. The zero-order valence-corrected chi connectivity index (χ0v) is 16.6. The van der Waals surface area contributed by atoms with Gasteiger partial charge in [-0.2, -0.15) is 0 Å². The number of carbonyl (C=O) groups excluding carboxylic acids is 2. The van der Waals surface area contributed by atoms with Crippen molar-refractivity contribution < 1.29 is 9.59 Å². The van der Waals surface area contributed by atoms with Crippen LogP contribution in [0.1, 0.15) is 29.8 Å². The van der Waals surface area contributed by atoms with E-state index in [4.69, 9.17) is 11.6 Å². The lowest BCUT2D eigenvalue weighted by molar-refractivity contribution is -0.118. The van der Waals surface area contributed by atoms with Gasteiger partial charge < -0.3 is 10.6 Å². The number of anilines is 1. The zero-order chi connectivity index (χ0) is 18.6. The highest BCUT2D eigenvalue weighted by Gasteiger charge is 2.25. The minimum Gasteiger partial charge on any atom is -0.340 e. The fraction of sp³-hybridized carbons (Fsp3) is 0.263. The van der Waals surface area contributed by atoms with Crippen molar-refractivity contribution in [3.8, 4) is 0 Å². The molecule has 1 atom stereocenters. The molecule has 0 aliphatic heterocycles. The second-order valence-corrected chi connectivity index (χ2v) is 7.39. The van der Waals surface area contributed by atoms with Crippen LogP contribution >= 0.6 is 27.5 Å². The van der Waals surface area contributed by atoms with E-state index in [-0.39, 0.29) is 17.7 Å². The second-order valence-electron chi connectivity index (χ2n) is 6.13. The Labute approximate surface area is 161 Å². The van der Waals surface area contributed by atoms with E-state index in [1.165, 1.54) is 0 Å². The number of rotatable bonds is 5. The lowest BCUT2D eigenvalue weighted by Crippen LogP contribution is -2.47. The van der Waals surface area contributed by atoms with E-state index in [2.05, 4.69) is 26.6 Å². The maximum atomic E-state index is 12.6. The Morgan fingerprint density at radius 3 is 2.40 bits per heavy atom. The van der Waals surface area contributed by atoms with Crippen LogP contribution in [0, 0.1) is 12.8 Å². The van der Waals surface area contributed by atoms with Gasteiger partial charge in [-0.25, -0.2) is 0 Å². The highest BCUT2D eigenvalue weighted by Crippen LogP contribution is 2.21.